The lowest BCUT2D eigenvalue weighted by atomic mass is 10.4. The van der Waals surface area contributed by atoms with E-state index < -0.39 is 0 Å². The minimum Gasteiger partial charge on any atom is -0.321 e. The maximum atomic E-state index is 10.8. The number of carbonyl (C=O) groups is 1. The molecule has 0 aromatic rings. The number of carbonyl (C=O) groups excluding carboxylic acids is 1. The lowest BCUT2D eigenvalue weighted by Gasteiger charge is -2.26. The number of nitrogens with two attached hydrogens (primary N) is 1. The summed E-state index contributed by atoms with van der Waals surface area (Å²) in [6.45, 7) is 3.19. The zero-order valence-corrected chi connectivity index (χ0v) is 5.76. The second-order valence-electron chi connectivity index (χ2n) is 2.19. The summed E-state index contributed by atoms with van der Waals surface area (Å²) in [4.78, 5) is 12.5. The van der Waals surface area contributed by atoms with Crippen molar-refractivity contribution < 1.29 is 4.79 Å². The summed E-state index contributed by atoms with van der Waals surface area (Å²) in [5.41, 5.74) is 2.09. The maximum absolute atomic E-state index is 10.8. The molecule has 1 aliphatic rings. The van der Waals surface area contributed by atoms with Gasteiger partial charge in [-0.15, -0.1) is 0 Å². The second-order valence-corrected chi connectivity index (χ2v) is 2.19. The first kappa shape index (κ1) is 7.30. The number of hydrogen-bond acceptors (Lipinski definition) is 3. The highest BCUT2D eigenvalue weighted by Crippen LogP contribution is 1.90. The monoisotopic (exact) mass is 144 g/mol. The van der Waals surface area contributed by atoms with E-state index in [1.54, 1.807) is 4.90 Å². The van der Waals surface area contributed by atoms with Crippen LogP contribution in [0, 0.1) is 0 Å². The van der Waals surface area contributed by atoms with Crippen LogP contribution in [0.4, 0.5) is 4.79 Å². The molecule has 5 nitrogen and oxygen atoms in total. The molecule has 0 radical (unpaired) electrons. The van der Waals surface area contributed by atoms with E-state index in [0.717, 1.165) is 26.2 Å². The standard InChI is InChI=1S/C5H12N4O/c6-8-5(10)9-3-1-7-2-4-9/h7H,1-4,6H2,(H,8,10). The Bertz CT molecular complexity index is 121. The zero-order chi connectivity index (χ0) is 7.40. The van der Waals surface area contributed by atoms with E-state index in [2.05, 4.69) is 10.7 Å². The largest absolute Gasteiger partial charge is 0.331 e. The van der Waals surface area contributed by atoms with Gasteiger partial charge in [0.1, 0.15) is 0 Å². The molecule has 2 amide bonds. The Morgan fingerprint density at radius 3 is 2.60 bits per heavy atom. The lowest BCUT2D eigenvalue weighted by molar-refractivity contribution is 0.190. The molecule has 10 heavy (non-hydrogen) atoms. The molecule has 0 bridgehead atoms. The highest BCUT2D eigenvalue weighted by molar-refractivity contribution is 5.73. The first-order chi connectivity index (χ1) is 4.84. The van der Waals surface area contributed by atoms with Crippen molar-refractivity contribution in [3.63, 3.8) is 0 Å². The summed E-state index contributed by atoms with van der Waals surface area (Å²) in [5.74, 6) is 4.94. The average Bonchev–Trinajstić information content (AvgIpc) is 2.05. The quantitative estimate of drug-likeness (QED) is 0.219. The fourth-order valence-corrected chi connectivity index (χ4v) is 0.959. The molecule has 1 rings (SSSR count). The molecule has 4 N–H and O–H groups in total. The van der Waals surface area contributed by atoms with Crippen molar-refractivity contribution >= 4 is 6.03 Å². The van der Waals surface area contributed by atoms with E-state index in [9.17, 15) is 4.79 Å². The minimum absolute atomic E-state index is 0.193. The summed E-state index contributed by atoms with van der Waals surface area (Å²) in [6.07, 6.45) is 0. The molecule has 0 saturated carbocycles. The topological polar surface area (TPSA) is 70.4 Å². The fourth-order valence-electron chi connectivity index (χ4n) is 0.959. The normalized spacial score (nSPS) is 18.7. The molecule has 0 spiro atoms. The van der Waals surface area contributed by atoms with Crippen LogP contribution in [0.15, 0.2) is 0 Å². The molecule has 0 unspecified atom stereocenters. The van der Waals surface area contributed by atoms with Gasteiger partial charge < -0.3 is 10.2 Å². The molecule has 1 aliphatic heterocycles. The van der Waals surface area contributed by atoms with Crippen LogP contribution in [0.1, 0.15) is 0 Å². The van der Waals surface area contributed by atoms with Gasteiger partial charge in [-0.25, -0.2) is 10.6 Å². The van der Waals surface area contributed by atoms with Crippen LogP contribution in [0.5, 0.6) is 0 Å². The molecule has 0 atom stereocenters. The van der Waals surface area contributed by atoms with Crippen molar-refractivity contribution in [3.05, 3.63) is 0 Å². The molecule has 58 valence electrons. The van der Waals surface area contributed by atoms with E-state index in [1.165, 1.54) is 0 Å². The van der Waals surface area contributed by atoms with Crippen molar-refractivity contribution in [3.8, 4) is 0 Å². The van der Waals surface area contributed by atoms with Crippen molar-refractivity contribution in [1.82, 2.24) is 15.6 Å². The van der Waals surface area contributed by atoms with E-state index >= 15 is 0 Å². The summed E-state index contributed by atoms with van der Waals surface area (Å²) in [6, 6.07) is -0.193. The highest BCUT2D eigenvalue weighted by Gasteiger charge is 2.13. The third-order valence-electron chi connectivity index (χ3n) is 1.53. The Hall–Kier alpha value is -0.810. The van der Waals surface area contributed by atoms with Crippen LogP contribution in [0.25, 0.3) is 0 Å². The average molecular weight is 144 g/mol. The van der Waals surface area contributed by atoms with Gasteiger partial charge in [0.15, 0.2) is 0 Å². The van der Waals surface area contributed by atoms with Crippen LogP contribution >= 0.6 is 0 Å². The number of rotatable bonds is 0. The van der Waals surface area contributed by atoms with Crippen LogP contribution in [-0.4, -0.2) is 37.1 Å². The number of hydrazine groups is 1. The molecule has 1 saturated heterocycles. The van der Waals surface area contributed by atoms with Gasteiger partial charge in [-0.05, 0) is 0 Å². The molecule has 0 aliphatic carbocycles. The molecule has 1 heterocycles. The molecule has 0 aromatic heterocycles. The maximum Gasteiger partial charge on any atom is 0.331 e. The lowest BCUT2D eigenvalue weighted by Crippen LogP contribution is -2.51. The minimum atomic E-state index is -0.193. The summed E-state index contributed by atoms with van der Waals surface area (Å²) in [5, 5.41) is 3.13. The number of amides is 2. The molecule has 5 heteroatoms. The third-order valence-corrected chi connectivity index (χ3v) is 1.53. The van der Waals surface area contributed by atoms with E-state index in [1.807, 2.05) is 0 Å². The Balaban J connectivity index is 2.31. The number of nitrogens with one attached hydrogen (secondary N) is 2. The molecule has 1 fully saturated rings. The Morgan fingerprint density at radius 1 is 1.50 bits per heavy atom. The molecule has 0 aromatic carbocycles. The highest BCUT2D eigenvalue weighted by atomic mass is 16.2. The van der Waals surface area contributed by atoms with Gasteiger partial charge in [0.05, 0.1) is 0 Å². The number of urea groups is 1. The Morgan fingerprint density at radius 2 is 2.10 bits per heavy atom. The smallest absolute Gasteiger partial charge is 0.321 e. The van der Waals surface area contributed by atoms with Crippen LogP contribution in [-0.2, 0) is 0 Å². The third kappa shape index (κ3) is 1.58. The van der Waals surface area contributed by atoms with Crippen molar-refractivity contribution in [2.45, 2.75) is 0 Å². The summed E-state index contributed by atoms with van der Waals surface area (Å²) < 4.78 is 0. The van der Waals surface area contributed by atoms with Crippen LogP contribution in [0.3, 0.4) is 0 Å². The predicted molar refractivity (Wildman–Crippen MR) is 37.2 cm³/mol. The zero-order valence-electron chi connectivity index (χ0n) is 5.76. The van der Waals surface area contributed by atoms with Gasteiger partial charge in [-0.2, -0.15) is 0 Å². The number of hydrogen-bond donors (Lipinski definition) is 3. The van der Waals surface area contributed by atoms with Gasteiger partial charge in [0, 0.05) is 26.2 Å². The summed E-state index contributed by atoms with van der Waals surface area (Å²) in [7, 11) is 0. The second kappa shape index (κ2) is 3.38. The van der Waals surface area contributed by atoms with Crippen LogP contribution < -0.4 is 16.6 Å². The van der Waals surface area contributed by atoms with E-state index in [0.29, 0.717) is 0 Å². The molecular formula is C5H12N4O. The first-order valence-electron chi connectivity index (χ1n) is 3.31. The first-order valence-corrected chi connectivity index (χ1v) is 3.31. The van der Waals surface area contributed by atoms with Crippen molar-refractivity contribution in [2.24, 2.45) is 5.84 Å². The van der Waals surface area contributed by atoms with Gasteiger partial charge in [0.25, 0.3) is 0 Å². The van der Waals surface area contributed by atoms with Gasteiger partial charge in [-0.1, -0.05) is 0 Å². The number of piperazine rings is 1. The van der Waals surface area contributed by atoms with Crippen molar-refractivity contribution in [1.29, 1.82) is 0 Å². The molecular weight excluding hydrogens is 132 g/mol. The predicted octanol–water partition coefficient (Wildman–Crippen LogP) is -1.53. The van der Waals surface area contributed by atoms with Gasteiger partial charge >= 0.3 is 6.03 Å². The van der Waals surface area contributed by atoms with E-state index in [4.69, 9.17) is 5.84 Å². The van der Waals surface area contributed by atoms with Crippen molar-refractivity contribution in [2.75, 3.05) is 26.2 Å². The van der Waals surface area contributed by atoms with E-state index in [-0.39, 0.29) is 6.03 Å². The fraction of sp³-hybridized carbons (Fsp3) is 0.800. The SMILES string of the molecule is NNC(=O)N1CCNCC1. The van der Waals surface area contributed by atoms with Crippen LogP contribution in [0.2, 0.25) is 0 Å². The Kier molecular flexibility index (Phi) is 2.47. The summed E-state index contributed by atoms with van der Waals surface area (Å²) >= 11 is 0. The Labute approximate surface area is 59.5 Å². The van der Waals surface area contributed by atoms with Gasteiger partial charge in [-0.3, -0.25) is 5.43 Å². The number of nitrogens with zero attached hydrogens (tertiary/aromatic N) is 1. The van der Waals surface area contributed by atoms with Gasteiger partial charge in [0.2, 0.25) is 0 Å².